The highest BCUT2D eigenvalue weighted by Gasteiger charge is 2.18. The Morgan fingerprint density at radius 3 is 2.68 bits per heavy atom. The summed E-state index contributed by atoms with van der Waals surface area (Å²) in [5.41, 5.74) is 1.94. The summed E-state index contributed by atoms with van der Waals surface area (Å²) in [5.74, 6) is 0.790. The van der Waals surface area contributed by atoms with Crippen LogP contribution in [0.1, 0.15) is 24.7 Å². The maximum atomic E-state index is 11.0. The molecule has 0 saturated carbocycles. The van der Waals surface area contributed by atoms with E-state index in [1.54, 1.807) is 24.5 Å². The molecule has 3 aromatic rings. The molecule has 1 aromatic carbocycles. The van der Waals surface area contributed by atoms with Crippen molar-refractivity contribution >= 4 is 17.4 Å². The first-order valence-corrected chi connectivity index (χ1v) is 8.72. The smallest absolute Gasteiger partial charge is 0.269 e. The van der Waals surface area contributed by atoms with Crippen molar-refractivity contribution in [2.75, 3.05) is 0 Å². The largest absolute Gasteiger partial charge is 0.302 e. The SMILES string of the molecule is CCn1c(SC(C)c2cccc([N+](=O)[O-])c2)nnc1-c1ccncc1. The van der Waals surface area contributed by atoms with Crippen LogP contribution in [0.2, 0.25) is 0 Å². The minimum Gasteiger partial charge on any atom is -0.302 e. The van der Waals surface area contributed by atoms with Gasteiger partial charge in [-0.3, -0.25) is 15.1 Å². The maximum Gasteiger partial charge on any atom is 0.269 e. The minimum absolute atomic E-state index is 0.0136. The number of benzene rings is 1. The molecule has 0 aliphatic carbocycles. The molecule has 0 radical (unpaired) electrons. The molecule has 0 aliphatic rings. The Morgan fingerprint density at radius 1 is 1.24 bits per heavy atom. The fraction of sp³-hybridized carbons (Fsp3) is 0.235. The van der Waals surface area contributed by atoms with Gasteiger partial charge in [0.15, 0.2) is 11.0 Å². The molecule has 0 aliphatic heterocycles. The molecule has 0 fully saturated rings. The molecule has 128 valence electrons. The van der Waals surface area contributed by atoms with Gasteiger partial charge < -0.3 is 4.57 Å². The van der Waals surface area contributed by atoms with Gasteiger partial charge in [0, 0.05) is 41.9 Å². The molecule has 2 aromatic heterocycles. The van der Waals surface area contributed by atoms with E-state index in [-0.39, 0.29) is 15.9 Å². The van der Waals surface area contributed by atoms with Crippen molar-refractivity contribution in [3.05, 3.63) is 64.5 Å². The average molecular weight is 355 g/mol. The molecule has 0 bridgehead atoms. The highest BCUT2D eigenvalue weighted by molar-refractivity contribution is 7.99. The summed E-state index contributed by atoms with van der Waals surface area (Å²) in [5, 5.41) is 20.4. The van der Waals surface area contributed by atoms with Crippen LogP contribution in [-0.2, 0) is 6.54 Å². The summed E-state index contributed by atoms with van der Waals surface area (Å²) in [7, 11) is 0. The quantitative estimate of drug-likeness (QED) is 0.375. The number of rotatable bonds is 6. The Morgan fingerprint density at radius 2 is 2.00 bits per heavy atom. The van der Waals surface area contributed by atoms with Gasteiger partial charge in [0.25, 0.3) is 5.69 Å². The van der Waals surface area contributed by atoms with Crippen molar-refractivity contribution in [2.45, 2.75) is 30.8 Å². The van der Waals surface area contributed by atoms with Crippen molar-refractivity contribution in [3.63, 3.8) is 0 Å². The number of aromatic nitrogens is 4. The molecule has 1 atom stereocenters. The first-order valence-electron chi connectivity index (χ1n) is 7.84. The first-order chi connectivity index (χ1) is 12.1. The molecule has 0 amide bonds. The van der Waals surface area contributed by atoms with E-state index in [1.807, 2.05) is 36.6 Å². The van der Waals surface area contributed by atoms with E-state index >= 15 is 0 Å². The molecule has 2 heterocycles. The lowest BCUT2D eigenvalue weighted by atomic mass is 10.1. The van der Waals surface area contributed by atoms with E-state index in [1.165, 1.54) is 17.8 Å². The molecule has 8 heteroatoms. The van der Waals surface area contributed by atoms with E-state index in [0.29, 0.717) is 0 Å². The number of nitro benzene ring substituents is 1. The zero-order valence-electron chi connectivity index (χ0n) is 13.9. The molecule has 7 nitrogen and oxygen atoms in total. The van der Waals surface area contributed by atoms with Crippen LogP contribution in [0.15, 0.2) is 53.9 Å². The van der Waals surface area contributed by atoms with Gasteiger partial charge in [-0.05, 0) is 31.5 Å². The topological polar surface area (TPSA) is 86.7 Å². The summed E-state index contributed by atoms with van der Waals surface area (Å²) in [4.78, 5) is 14.6. The number of thioether (sulfide) groups is 1. The van der Waals surface area contributed by atoms with Crippen LogP contribution in [0.25, 0.3) is 11.4 Å². The minimum atomic E-state index is -0.378. The number of hydrogen-bond acceptors (Lipinski definition) is 6. The second-order valence-electron chi connectivity index (χ2n) is 5.40. The summed E-state index contributed by atoms with van der Waals surface area (Å²) < 4.78 is 2.04. The van der Waals surface area contributed by atoms with Crippen molar-refractivity contribution < 1.29 is 4.92 Å². The number of nitro groups is 1. The first kappa shape index (κ1) is 17.1. The van der Waals surface area contributed by atoms with Crippen molar-refractivity contribution in [3.8, 4) is 11.4 Å². The second-order valence-corrected chi connectivity index (χ2v) is 6.71. The Hall–Kier alpha value is -2.74. The van der Waals surface area contributed by atoms with Gasteiger partial charge in [-0.15, -0.1) is 10.2 Å². The van der Waals surface area contributed by atoms with Gasteiger partial charge in [0.05, 0.1) is 4.92 Å². The van der Waals surface area contributed by atoms with E-state index in [9.17, 15) is 10.1 Å². The number of nitrogens with zero attached hydrogens (tertiary/aromatic N) is 5. The zero-order valence-corrected chi connectivity index (χ0v) is 14.7. The maximum absolute atomic E-state index is 11.0. The van der Waals surface area contributed by atoms with Crippen molar-refractivity contribution in [1.29, 1.82) is 0 Å². The van der Waals surface area contributed by atoms with E-state index < -0.39 is 0 Å². The standard InChI is InChI=1S/C17H17N5O2S/c1-3-21-16(13-7-9-18-10-8-13)19-20-17(21)25-12(2)14-5-4-6-15(11-14)22(23)24/h4-12H,3H2,1-2H3. The lowest BCUT2D eigenvalue weighted by Crippen LogP contribution is -2.01. The van der Waals surface area contributed by atoms with Gasteiger partial charge in [-0.25, -0.2) is 0 Å². The van der Waals surface area contributed by atoms with Crippen molar-refractivity contribution in [1.82, 2.24) is 19.7 Å². The van der Waals surface area contributed by atoms with Crippen LogP contribution < -0.4 is 0 Å². The van der Waals surface area contributed by atoms with Gasteiger partial charge in [-0.2, -0.15) is 0 Å². The van der Waals surface area contributed by atoms with Crippen LogP contribution in [0.4, 0.5) is 5.69 Å². The van der Waals surface area contributed by atoms with Gasteiger partial charge in [-0.1, -0.05) is 23.9 Å². The van der Waals surface area contributed by atoms with Crippen LogP contribution >= 0.6 is 11.8 Å². The third-order valence-corrected chi connectivity index (χ3v) is 4.94. The zero-order chi connectivity index (χ0) is 17.8. The predicted octanol–water partition coefficient (Wildman–Crippen LogP) is 4.12. The fourth-order valence-electron chi connectivity index (χ4n) is 2.49. The molecule has 1 unspecified atom stereocenters. The molecule has 0 N–H and O–H groups in total. The Balaban J connectivity index is 1.87. The Labute approximate surface area is 149 Å². The summed E-state index contributed by atoms with van der Waals surface area (Å²) in [6, 6.07) is 10.5. The van der Waals surface area contributed by atoms with Crippen LogP contribution in [0, 0.1) is 10.1 Å². The van der Waals surface area contributed by atoms with Crippen LogP contribution in [0.5, 0.6) is 0 Å². The van der Waals surface area contributed by atoms with Gasteiger partial charge >= 0.3 is 0 Å². The monoisotopic (exact) mass is 355 g/mol. The lowest BCUT2D eigenvalue weighted by molar-refractivity contribution is -0.384. The van der Waals surface area contributed by atoms with E-state index in [0.717, 1.165) is 28.7 Å². The second kappa shape index (κ2) is 7.43. The summed E-state index contributed by atoms with van der Waals surface area (Å²) in [6.45, 7) is 4.77. The normalized spacial score (nSPS) is 12.1. The third-order valence-electron chi connectivity index (χ3n) is 3.80. The van der Waals surface area contributed by atoms with E-state index in [4.69, 9.17) is 0 Å². The average Bonchev–Trinajstić information content (AvgIpc) is 3.05. The number of pyridine rings is 1. The lowest BCUT2D eigenvalue weighted by Gasteiger charge is -2.12. The predicted molar refractivity (Wildman–Crippen MR) is 96.3 cm³/mol. The molecular weight excluding hydrogens is 338 g/mol. The fourth-order valence-corrected chi connectivity index (χ4v) is 3.52. The molecule has 0 spiro atoms. The number of non-ortho nitro benzene ring substituents is 1. The van der Waals surface area contributed by atoms with Crippen molar-refractivity contribution in [2.24, 2.45) is 0 Å². The summed E-state index contributed by atoms with van der Waals surface area (Å²) in [6.07, 6.45) is 3.45. The highest BCUT2D eigenvalue weighted by Crippen LogP contribution is 2.36. The third kappa shape index (κ3) is 3.69. The highest BCUT2D eigenvalue weighted by atomic mass is 32.2. The molecular formula is C17H17N5O2S. The van der Waals surface area contributed by atoms with Gasteiger partial charge in [0.1, 0.15) is 0 Å². The Kier molecular flexibility index (Phi) is 5.08. The Bertz CT molecular complexity index is 882. The van der Waals surface area contributed by atoms with E-state index in [2.05, 4.69) is 15.2 Å². The molecule has 25 heavy (non-hydrogen) atoms. The van der Waals surface area contributed by atoms with Crippen LogP contribution in [0.3, 0.4) is 0 Å². The van der Waals surface area contributed by atoms with Crippen LogP contribution in [-0.4, -0.2) is 24.7 Å². The van der Waals surface area contributed by atoms with Gasteiger partial charge in [0.2, 0.25) is 0 Å². The number of hydrogen-bond donors (Lipinski definition) is 0. The molecule has 0 saturated heterocycles. The molecule has 3 rings (SSSR count). The summed E-state index contributed by atoms with van der Waals surface area (Å²) >= 11 is 1.53.